The molecule has 2 rings (SSSR count). The Labute approximate surface area is 107 Å². The van der Waals surface area contributed by atoms with Crippen molar-refractivity contribution in [1.82, 2.24) is 20.1 Å². The number of hydrogen-bond acceptors (Lipinski definition) is 4. The van der Waals surface area contributed by atoms with Gasteiger partial charge in [-0.05, 0) is 11.1 Å². The number of aromatic nitrogens is 3. The van der Waals surface area contributed by atoms with Crippen LogP contribution in [0.4, 0.5) is 0 Å². The van der Waals surface area contributed by atoms with Gasteiger partial charge in [-0.25, -0.2) is 4.98 Å². The molecule has 1 aromatic heterocycles. The van der Waals surface area contributed by atoms with E-state index in [-0.39, 0.29) is 0 Å². The highest BCUT2D eigenvalue weighted by molar-refractivity contribution is 5.26. The number of nitrogens with one attached hydrogen (secondary N) is 1. The van der Waals surface area contributed by atoms with Crippen molar-refractivity contribution in [3.63, 3.8) is 0 Å². The van der Waals surface area contributed by atoms with Gasteiger partial charge in [-0.2, -0.15) is 5.10 Å². The van der Waals surface area contributed by atoms with Crippen LogP contribution in [0.3, 0.4) is 0 Å². The molecule has 2 aromatic rings. The van der Waals surface area contributed by atoms with Gasteiger partial charge >= 0.3 is 0 Å². The van der Waals surface area contributed by atoms with Gasteiger partial charge in [0.05, 0.1) is 13.2 Å². The predicted octanol–water partition coefficient (Wildman–Crippen LogP) is 1.25. The lowest BCUT2D eigenvalue weighted by atomic mass is 10.1. The fourth-order valence-corrected chi connectivity index (χ4v) is 1.82. The zero-order chi connectivity index (χ0) is 12.8. The average Bonchev–Trinajstić information content (AvgIpc) is 2.78. The van der Waals surface area contributed by atoms with E-state index < -0.39 is 0 Å². The average molecular weight is 246 g/mol. The Morgan fingerprint density at radius 3 is 2.67 bits per heavy atom. The van der Waals surface area contributed by atoms with Gasteiger partial charge < -0.3 is 10.1 Å². The third-order valence-electron chi connectivity index (χ3n) is 2.82. The number of benzene rings is 1. The normalized spacial score (nSPS) is 10.8. The van der Waals surface area contributed by atoms with Gasteiger partial charge in [-0.1, -0.05) is 24.3 Å². The minimum Gasteiger partial charge on any atom is -0.380 e. The Morgan fingerprint density at radius 1 is 1.22 bits per heavy atom. The fourth-order valence-electron chi connectivity index (χ4n) is 1.82. The lowest BCUT2D eigenvalue weighted by Crippen LogP contribution is -2.17. The highest BCUT2D eigenvalue weighted by atomic mass is 16.5. The molecule has 0 spiro atoms. The van der Waals surface area contributed by atoms with Crippen LogP contribution in [0.5, 0.6) is 0 Å². The van der Waals surface area contributed by atoms with Gasteiger partial charge in [0.15, 0.2) is 0 Å². The van der Waals surface area contributed by atoms with Crippen LogP contribution in [0, 0.1) is 0 Å². The van der Waals surface area contributed by atoms with E-state index in [0.717, 1.165) is 12.4 Å². The SMILES string of the molecule is COCc1ccccc1CNCc1ncnn1C. The maximum atomic E-state index is 5.19. The summed E-state index contributed by atoms with van der Waals surface area (Å²) in [5, 5.41) is 7.40. The van der Waals surface area contributed by atoms with Crippen LogP contribution in [-0.2, 0) is 31.5 Å². The number of aryl methyl sites for hydroxylation is 1. The van der Waals surface area contributed by atoms with Gasteiger partial charge in [-0.3, -0.25) is 4.68 Å². The molecule has 0 aliphatic carbocycles. The van der Waals surface area contributed by atoms with Crippen molar-refractivity contribution in [1.29, 1.82) is 0 Å². The summed E-state index contributed by atoms with van der Waals surface area (Å²) in [5.41, 5.74) is 2.46. The van der Waals surface area contributed by atoms with E-state index in [0.29, 0.717) is 13.2 Å². The highest BCUT2D eigenvalue weighted by Gasteiger charge is 2.03. The Morgan fingerprint density at radius 2 is 2.00 bits per heavy atom. The Bertz CT molecular complexity index is 495. The first kappa shape index (κ1) is 12.7. The van der Waals surface area contributed by atoms with Gasteiger partial charge in [0.2, 0.25) is 0 Å². The minimum absolute atomic E-state index is 0.641. The molecule has 0 unspecified atom stereocenters. The third kappa shape index (κ3) is 3.15. The molecule has 18 heavy (non-hydrogen) atoms. The van der Waals surface area contributed by atoms with E-state index >= 15 is 0 Å². The number of rotatable bonds is 6. The molecule has 0 amide bonds. The molecule has 0 radical (unpaired) electrons. The highest BCUT2D eigenvalue weighted by Crippen LogP contribution is 2.09. The summed E-state index contributed by atoms with van der Waals surface area (Å²) < 4.78 is 6.96. The van der Waals surface area contributed by atoms with Gasteiger partial charge in [0.1, 0.15) is 12.2 Å². The van der Waals surface area contributed by atoms with Crippen molar-refractivity contribution in [2.24, 2.45) is 7.05 Å². The van der Waals surface area contributed by atoms with Crippen molar-refractivity contribution in [2.75, 3.05) is 7.11 Å². The summed E-state index contributed by atoms with van der Waals surface area (Å²) in [6.45, 7) is 2.14. The van der Waals surface area contributed by atoms with Crippen LogP contribution in [-0.4, -0.2) is 21.9 Å². The van der Waals surface area contributed by atoms with Crippen LogP contribution >= 0.6 is 0 Å². The first-order chi connectivity index (χ1) is 8.81. The topological polar surface area (TPSA) is 52.0 Å². The second kappa shape index (κ2) is 6.28. The largest absolute Gasteiger partial charge is 0.380 e. The monoisotopic (exact) mass is 246 g/mol. The predicted molar refractivity (Wildman–Crippen MR) is 68.7 cm³/mol. The molecule has 96 valence electrons. The summed E-state index contributed by atoms with van der Waals surface area (Å²) in [4.78, 5) is 4.17. The van der Waals surface area contributed by atoms with E-state index in [9.17, 15) is 0 Å². The molecule has 1 N–H and O–H groups in total. The minimum atomic E-state index is 0.641. The second-order valence-electron chi connectivity index (χ2n) is 4.11. The van der Waals surface area contributed by atoms with Gasteiger partial charge in [-0.15, -0.1) is 0 Å². The van der Waals surface area contributed by atoms with Crippen molar-refractivity contribution in [3.05, 3.63) is 47.5 Å². The summed E-state index contributed by atoms with van der Waals surface area (Å²) in [6.07, 6.45) is 1.57. The first-order valence-electron chi connectivity index (χ1n) is 5.90. The molecule has 0 fully saturated rings. The maximum Gasteiger partial charge on any atom is 0.140 e. The number of nitrogens with zero attached hydrogens (tertiary/aromatic N) is 3. The summed E-state index contributed by atoms with van der Waals surface area (Å²) in [7, 11) is 3.60. The van der Waals surface area contributed by atoms with Crippen LogP contribution in [0.15, 0.2) is 30.6 Å². The van der Waals surface area contributed by atoms with Crippen molar-refractivity contribution >= 4 is 0 Å². The molecule has 0 aliphatic heterocycles. The quantitative estimate of drug-likeness (QED) is 0.833. The van der Waals surface area contributed by atoms with Crippen molar-refractivity contribution < 1.29 is 4.74 Å². The fraction of sp³-hybridized carbons (Fsp3) is 0.385. The number of hydrogen-bond donors (Lipinski definition) is 1. The van der Waals surface area contributed by atoms with Crippen LogP contribution < -0.4 is 5.32 Å². The lowest BCUT2D eigenvalue weighted by Gasteiger charge is -2.09. The second-order valence-corrected chi connectivity index (χ2v) is 4.11. The summed E-state index contributed by atoms with van der Waals surface area (Å²) in [5.74, 6) is 0.930. The molecule has 1 heterocycles. The zero-order valence-corrected chi connectivity index (χ0v) is 10.8. The van der Waals surface area contributed by atoms with Gasteiger partial charge in [0, 0.05) is 20.7 Å². The standard InChI is InChI=1S/C13H18N4O/c1-17-13(15-10-16-17)8-14-7-11-5-3-4-6-12(11)9-18-2/h3-6,10,14H,7-9H2,1-2H3. The molecule has 0 atom stereocenters. The van der Waals surface area contributed by atoms with E-state index in [1.807, 2.05) is 19.2 Å². The molecule has 0 saturated heterocycles. The van der Waals surface area contributed by atoms with E-state index in [4.69, 9.17) is 4.74 Å². The van der Waals surface area contributed by atoms with Crippen molar-refractivity contribution in [3.8, 4) is 0 Å². The third-order valence-corrected chi connectivity index (χ3v) is 2.82. The Balaban J connectivity index is 1.92. The smallest absolute Gasteiger partial charge is 0.140 e. The number of ether oxygens (including phenoxy) is 1. The molecule has 0 aliphatic rings. The van der Waals surface area contributed by atoms with Crippen LogP contribution in [0.2, 0.25) is 0 Å². The Hall–Kier alpha value is -1.72. The molecule has 1 aromatic carbocycles. The van der Waals surface area contributed by atoms with Gasteiger partial charge in [0.25, 0.3) is 0 Å². The van der Waals surface area contributed by atoms with E-state index in [1.165, 1.54) is 11.1 Å². The van der Waals surface area contributed by atoms with Crippen LogP contribution in [0.25, 0.3) is 0 Å². The lowest BCUT2D eigenvalue weighted by molar-refractivity contribution is 0.184. The Kier molecular flexibility index (Phi) is 4.44. The maximum absolute atomic E-state index is 5.19. The van der Waals surface area contributed by atoms with E-state index in [1.54, 1.807) is 18.1 Å². The number of methoxy groups -OCH3 is 1. The molecule has 5 heteroatoms. The first-order valence-corrected chi connectivity index (χ1v) is 5.90. The molecular formula is C13H18N4O. The molecular weight excluding hydrogens is 228 g/mol. The molecule has 5 nitrogen and oxygen atoms in total. The zero-order valence-electron chi connectivity index (χ0n) is 10.8. The molecule has 0 saturated carbocycles. The van der Waals surface area contributed by atoms with Crippen molar-refractivity contribution in [2.45, 2.75) is 19.7 Å². The molecule has 0 bridgehead atoms. The van der Waals surface area contributed by atoms with Crippen LogP contribution in [0.1, 0.15) is 17.0 Å². The summed E-state index contributed by atoms with van der Waals surface area (Å²) in [6, 6.07) is 8.26. The van der Waals surface area contributed by atoms with E-state index in [2.05, 4.69) is 27.5 Å². The summed E-state index contributed by atoms with van der Waals surface area (Å²) >= 11 is 0.